The van der Waals surface area contributed by atoms with Gasteiger partial charge in [-0.3, -0.25) is 4.79 Å². The van der Waals surface area contributed by atoms with E-state index in [0.717, 1.165) is 29.4 Å². The number of amides is 1. The van der Waals surface area contributed by atoms with Gasteiger partial charge in [-0.2, -0.15) is 0 Å². The number of carbonyl (C=O) groups excluding carboxylic acids is 1. The Hall–Kier alpha value is -1.91. The number of carbonyl (C=O) groups is 1. The van der Waals surface area contributed by atoms with E-state index in [1.54, 1.807) is 19.1 Å². The van der Waals surface area contributed by atoms with Crippen molar-refractivity contribution in [3.63, 3.8) is 0 Å². The standard InChI is InChI=1S/C20H22Cl2N2O2/c1-14-13-17(22)5-8-19(14)26-15(2)20(25)24-11-9-23(10-12-24)18-6-3-16(21)4-7-18/h3-8,13,15H,9-12H2,1-2H3. The molecule has 6 heteroatoms. The first kappa shape index (κ1) is 18.9. The highest BCUT2D eigenvalue weighted by molar-refractivity contribution is 6.30. The van der Waals surface area contributed by atoms with Crippen LogP contribution in [0, 0.1) is 6.92 Å². The highest BCUT2D eigenvalue weighted by Crippen LogP contribution is 2.24. The summed E-state index contributed by atoms with van der Waals surface area (Å²) in [7, 11) is 0. The van der Waals surface area contributed by atoms with E-state index in [1.165, 1.54) is 0 Å². The maximum Gasteiger partial charge on any atom is 0.263 e. The maximum absolute atomic E-state index is 12.7. The largest absolute Gasteiger partial charge is 0.481 e. The normalized spacial score (nSPS) is 15.7. The van der Waals surface area contributed by atoms with Crippen molar-refractivity contribution in [3.8, 4) is 5.75 Å². The first-order chi connectivity index (χ1) is 12.4. The zero-order valence-electron chi connectivity index (χ0n) is 14.9. The van der Waals surface area contributed by atoms with Gasteiger partial charge >= 0.3 is 0 Å². The van der Waals surface area contributed by atoms with E-state index in [-0.39, 0.29) is 5.91 Å². The molecule has 26 heavy (non-hydrogen) atoms. The predicted molar refractivity (Wildman–Crippen MR) is 107 cm³/mol. The summed E-state index contributed by atoms with van der Waals surface area (Å²) in [5.41, 5.74) is 2.05. The van der Waals surface area contributed by atoms with E-state index < -0.39 is 6.10 Å². The van der Waals surface area contributed by atoms with Crippen molar-refractivity contribution in [3.05, 3.63) is 58.1 Å². The highest BCUT2D eigenvalue weighted by atomic mass is 35.5. The molecule has 2 aromatic carbocycles. The molecule has 1 unspecified atom stereocenters. The zero-order valence-corrected chi connectivity index (χ0v) is 16.4. The van der Waals surface area contributed by atoms with E-state index in [4.69, 9.17) is 27.9 Å². The zero-order chi connectivity index (χ0) is 18.7. The summed E-state index contributed by atoms with van der Waals surface area (Å²) in [6.45, 7) is 6.65. The smallest absolute Gasteiger partial charge is 0.263 e. The fourth-order valence-electron chi connectivity index (χ4n) is 3.08. The minimum absolute atomic E-state index is 0.00936. The summed E-state index contributed by atoms with van der Waals surface area (Å²) in [5, 5.41) is 1.39. The molecule has 0 aromatic heterocycles. The molecule has 1 saturated heterocycles. The number of ether oxygens (including phenoxy) is 1. The lowest BCUT2D eigenvalue weighted by Gasteiger charge is -2.37. The first-order valence-corrected chi connectivity index (χ1v) is 9.42. The van der Waals surface area contributed by atoms with Gasteiger partial charge in [-0.15, -0.1) is 0 Å². The van der Waals surface area contributed by atoms with Crippen molar-refractivity contribution in [1.82, 2.24) is 4.90 Å². The molecule has 2 aromatic rings. The molecule has 1 fully saturated rings. The second-order valence-electron chi connectivity index (χ2n) is 6.46. The molecule has 4 nitrogen and oxygen atoms in total. The third-order valence-corrected chi connectivity index (χ3v) is 5.06. The van der Waals surface area contributed by atoms with Crippen molar-refractivity contribution < 1.29 is 9.53 Å². The molecule has 1 amide bonds. The predicted octanol–water partition coefficient (Wildman–Crippen LogP) is 4.42. The molecule has 1 aliphatic rings. The van der Waals surface area contributed by atoms with Crippen LogP contribution in [-0.4, -0.2) is 43.1 Å². The lowest BCUT2D eigenvalue weighted by atomic mass is 10.2. The van der Waals surface area contributed by atoms with Gasteiger partial charge in [0.05, 0.1) is 0 Å². The van der Waals surface area contributed by atoms with Gasteiger partial charge < -0.3 is 14.5 Å². The average Bonchev–Trinajstić information content (AvgIpc) is 2.64. The van der Waals surface area contributed by atoms with Crippen LogP contribution in [0.1, 0.15) is 12.5 Å². The van der Waals surface area contributed by atoms with Gasteiger partial charge in [-0.05, 0) is 61.9 Å². The Balaban J connectivity index is 1.56. The first-order valence-electron chi connectivity index (χ1n) is 8.66. The maximum atomic E-state index is 12.7. The molecule has 3 rings (SSSR count). The summed E-state index contributed by atoms with van der Waals surface area (Å²) in [6.07, 6.45) is -0.531. The molecule has 0 spiro atoms. The molecular formula is C20H22Cl2N2O2. The number of aryl methyl sites for hydroxylation is 1. The van der Waals surface area contributed by atoms with Crippen LogP contribution < -0.4 is 9.64 Å². The number of hydrogen-bond donors (Lipinski definition) is 0. The summed E-state index contributed by atoms with van der Waals surface area (Å²) >= 11 is 11.9. The summed E-state index contributed by atoms with van der Waals surface area (Å²) < 4.78 is 5.86. The van der Waals surface area contributed by atoms with Crippen molar-refractivity contribution in [2.45, 2.75) is 20.0 Å². The van der Waals surface area contributed by atoms with Gasteiger partial charge in [-0.25, -0.2) is 0 Å². The fraction of sp³-hybridized carbons (Fsp3) is 0.350. The van der Waals surface area contributed by atoms with Gasteiger partial charge in [-0.1, -0.05) is 23.2 Å². The number of piperazine rings is 1. The Kier molecular flexibility index (Phi) is 5.94. The third-order valence-electron chi connectivity index (χ3n) is 4.57. The summed E-state index contributed by atoms with van der Waals surface area (Å²) in [5.74, 6) is 0.699. The second-order valence-corrected chi connectivity index (χ2v) is 7.33. The molecule has 1 heterocycles. The monoisotopic (exact) mass is 392 g/mol. The molecular weight excluding hydrogens is 371 g/mol. The Morgan fingerprint density at radius 1 is 1.00 bits per heavy atom. The average molecular weight is 393 g/mol. The van der Waals surface area contributed by atoms with Crippen LogP contribution in [0.4, 0.5) is 5.69 Å². The van der Waals surface area contributed by atoms with Gasteiger partial charge in [0.2, 0.25) is 0 Å². The summed E-state index contributed by atoms with van der Waals surface area (Å²) in [4.78, 5) is 16.8. The molecule has 0 aliphatic carbocycles. The lowest BCUT2D eigenvalue weighted by molar-refractivity contribution is -0.138. The third kappa shape index (κ3) is 4.43. The van der Waals surface area contributed by atoms with E-state index >= 15 is 0 Å². The molecule has 0 N–H and O–H groups in total. The molecule has 0 radical (unpaired) electrons. The number of benzene rings is 2. The molecule has 0 saturated carbocycles. The van der Waals surface area contributed by atoms with Crippen molar-refractivity contribution in [2.75, 3.05) is 31.1 Å². The number of rotatable bonds is 4. The Morgan fingerprint density at radius 3 is 2.23 bits per heavy atom. The van der Waals surface area contributed by atoms with Gasteiger partial charge in [0.25, 0.3) is 5.91 Å². The number of nitrogens with zero attached hydrogens (tertiary/aromatic N) is 2. The van der Waals surface area contributed by atoms with Crippen LogP contribution in [0.15, 0.2) is 42.5 Å². The quantitative estimate of drug-likeness (QED) is 0.771. The van der Waals surface area contributed by atoms with Gasteiger partial charge in [0.15, 0.2) is 6.10 Å². The van der Waals surface area contributed by atoms with E-state index in [1.807, 2.05) is 42.2 Å². The minimum Gasteiger partial charge on any atom is -0.481 e. The van der Waals surface area contributed by atoms with Crippen molar-refractivity contribution >= 4 is 34.8 Å². The van der Waals surface area contributed by atoms with E-state index in [0.29, 0.717) is 23.9 Å². The molecule has 138 valence electrons. The van der Waals surface area contributed by atoms with Crippen LogP contribution >= 0.6 is 23.2 Å². The summed E-state index contributed by atoms with van der Waals surface area (Å²) in [6, 6.07) is 13.2. The fourth-order valence-corrected chi connectivity index (χ4v) is 3.43. The SMILES string of the molecule is Cc1cc(Cl)ccc1OC(C)C(=O)N1CCN(c2ccc(Cl)cc2)CC1. The topological polar surface area (TPSA) is 32.8 Å². The second kappa shape index (κ2) is 8.19. The number of anilines is 1. The van der Waals surface area contributed by atoms with Gasteiger partial charge in [0.1, 0.15) is 5.75 Å². The lowest BCUT2D eigenvalue weighted by Crippen LogP contribution is -2.52. The Morgan fingerprint density at radius 2 is 1.62 bits per heavy atom. The molecule has 1 aliphatic heterocycles. The van der Waals surface area contributed by atoms with Crippen LogP contribution in [-0.2, 0) is 4.79 Å². The van der Waals surface area contributed by atoms with Gasteiger partial charge in [0, 0.05) is 41.9 Å². The van der Waals surface area contributed by atoms with Crippen LogP contribution in [0.25, 0.3) is 0 Å². The van der Waals surface area contributed by atoms with Crippen molar-refractivity contribution in [1.29, 1.82) is 0 Å². The highest BCUT2D eigenvalue weighted by Gasteiger charge is 2.26. The van der Waals surface area contributed by atoms with E-state index in [2.05, 4.69) is 4.90 Å². The van der Waals surface area contributed by atoms with Crippen LogP contribution in [0.2, 0.25) is 10.0 Å². The number of halogens is 2. The van der Waals surface area contributed by atoms with Crippen molar-refractivity contribution in [2.24, 2.45) is 0 Å². The molecule has 0 bridgehead atoms. The van der Waals surface area contributed by atoms with E-state index in [9.17, 15) is 4.79 Å². The van der Waals surface area contributed by atoms with Crippen LogP contribution in [0.5, 0.6) is 5.75 Å². The Labute approximate surface area is 164 Å². The molecule has 1 atom stereocenters. The number of hydrogen-bond acceptors (Lipinski definition) is 3. The Bertz CT molecular complexity index is 772. The van der Waals surface area contributed by atoms with Crippen LogP contribution in [0.3, 0.4) is 0 Å². The minimum atomic E-state index is -0.531.